The summed E-state index contributed by atoms with van der Waals surface area (Å²) in [5.41, 5.74) is 0. The Labute approximate surface area is 124 Å². The molecule has 2 rings (SSSR count). The fraction of sp³-hybridized carbons (Fsp3) is 0.917. The first-order valence-electron chi connectivity index (χ1n) is 7.02. The highest BCUT2D eigenvalue weighted by molar-refractivity contribution is 7.87. The average molecular weight is 322 g/mol. The Balaban J connectivity index is 1.96. The quantitative estimate of drug-likeness (QED) is 0.733. The molecule has 0 saturated carbocycles. The Morgan fingerprint density at radius 2 is 2.14 bits per heavy atom. The van der Waals surface area contributed by atoms with Crippen LogP contribution in [0.4, 0.5) is 0 Å². The fourth-order valence-electron chi connectivity index (χ4n) is 2.58. The third-order valence-electron chi connectivity index (χ3n) is 3.61. The molecule has 0 aromatic carbocycles. The summed E-state index contributed by atoms with van der Waals surface area (Å²) in [6.07, 6.45) is 1.35. The SMILES string of the molecule is CC1(C)OCC(CNS(=O)(=O)N2CCCCC2C(=O)O)O1. The van der Waals surface area contributed by atoms with Crippen molar-refractivity contribution in [3.63, 3.8) is 0 Å². The lowest BCUT2D eigenvalue weighted by molar-refractivity contribution is -0.142. The molecule has 0 aromatic heterocycles. The number of piperidine rings is 1. The van der Waals surface area contributed by atoms with Crippen LogP contribution >= 0.6 is 0 Å². The smallest absolute Gasteiger partial charge is 0.322 e. The van der Waals surface area contributed by atoms with Gasteiger partial charge in [0, 0.05) is 13.1 Å². The van der Waals surface area contributed by atoms with Crippen LogP contribution in [0, 0.1) is 0 Å². The van der Waals surface area contributed by atoms with Gasteiger partial charge in [-0.3, -0.25) is 4.79 Å². The van der Waals surface area contributed by atoms with Crippen molar-refractivity contribution in [3.05, 3.63) is 0 Å². The third kappa shape index (κ3) is 4.13. The van der Waals surface area contributed by atoms with Crippen molar-refractivity contribution in [3.8, 4) is 0 Å². The van der Waals surface area contributed by atoms with Gasteiger partial charge in [0.15, 0.2) is 5.79 Å². The molecule has 0 spiro atoms. The minimum atomic E-state index is -3.84. The van der Waals surface area contributed by atoms with Crippen LogP contribution < -0.4 is 4.72 Å². The fourth-order valence-corrected chi connectivity index (χ4v) is 4.05. The first-order chi connectivity index (χ1) is 9.71. The summed E-state index contributed by atoms with van der Waals surface area (Å²) >= 11 is 0. The summed E-state index contributed by atoms with van der Waals surface area (Å²) in [7, 11) is -3.84. The Morgan fingerprint density at radius 1 is 1.43 bits per heavy atom. The van der Waals surface area contributed by atoms with Crippen LogP contribution in [0.15, 0.2) is 0 Å². The average Bonchev–Trinajstić information content (AvgIpc) is 2.76. The zero-order valence-electron chi connectivity index (χ0n) is 12.2. The van der Waals surface area contributed by atoms with Gasteiger partial charge in [0.2, 0.25) is 0 Å². The molecule has 0 aromatic rings. The Hall–Kier alpha value is -0.740. The summed E-state index contributed by atoms with van der Waals surface area (Å²) in [6.45, 7) is 4.10. The van der Waals surface area contributed by atoms with Crippen molar-refractivity contribution in [1.29, 1.82) is 0 Å². The monoisotopic (exact) mass is 322 g/mol. The van der Waals surface area contributed by atoms with E-state index in [1.165, 1.54) is 0 Å². The molecule has 2 aliphatic heterocycles. The molecule has 2 fully saturated rings. The highest BCUT2D eigenvalue weighted by Crippen LogP contribution is 2.23. The number of rotatable bonds is 5. The second-order valence-electron chi connectivity index (χ2n) is 5.76. The normalized spacial score (nSPS) is 30.4. The van der Waals surface area contributed by atoms with E-state index in [2.05, 4.69) is 4.72 Å². The van der Waals surface area contributed by atoms with E-state index in [0.717, 1.165) is 10.7 Å². The van der Waals surface area contributed by atoms with Crippen LogP contribution in [0.5, 0.6) is 0 Å². The predicted octanol–water partition coefficient (Wildman–Crippen LogP) is -0.0886. The van der Waals surface area contributed by atoms with E-state index in [4.69, 9.17) is 14.6 Å². The van der Waals surface area contributed by atoms with Gasteiger partial charge in [0.05, 0.1) is 12.7 Å². The standard InChI is InChI=1S/C12H22N2O6S/c1-12(2)19-8-9(20-12)7-13-21(17,18)14-6-4-3-5-10(14)11(15)16/h9-10,13H,3-8H2,1-2H3,(H,15,16). The minimum Gasteiger partial charge on any atom is -0.480 e. The predicted molar refractivity (Wildman–Crippen MR) is 73.8 cm³/mol. The van der Waals surface area contributed by atoms with Gasteiger partial charge in [-0.1, -0.05) is 0 Å². The van der Waals surface area contributed by atoms with Gasteiger partial charge >= 0.3 is 5.97 Å². The van der Waals surface area contributed by atoms with E-state index in [1.807, 2.05) is 0 Å². The van der Waals surface area contributed by atoms with Crippen LogP contribution in [-0.2, 0) is 24.5 Å². The van der Waals surface area contributed by atoms with Crippen molar-refractivity contribution >= 4 is 16.2 Å². The molecule has 9 heteroatoms. The lowest BCUT2D eigenvalue weighted by Gasteiger charge is -2.32. The molecular formula is C12H22N2O6S. The first-order valence-corrected chi connectivity index (χ1v) is 8.46. The van der Waals surface area contributed by atoms with Gasteiger partial charge in [-0.2, -0.15) is 17.4 Å². The molecule has 2 saturated heterocycles. The van der Waals surface area contributed by atoms with Gasteiger partial charge in [-0.25, -0.2) is 0 Å². The number of carboxylic acids is 1. The van der Waals surface area contributed by atoms with Gasteiger partial charge in [0.25, 0.3) is 10.2 Å². The van der Waals surface area contributed by atoms with Gasteiger partial charge in [-0.05, 0) is 33.1 Å². The zero-order valence-corrected chi connectivity index (χ0v) is 13.1. The number of hydrogen-bond acceptors (Lipinski definition) is 5. The van der Waals surface area contributed by atoms with Crippen LogP contribution in [0.25, 0.3) is 0 Å². The summed E-state index contributed by atoms with van der Waals surface area (Å²) < 4.78 is 38.9. The number of hydrogen-bond donors (Lipinski definition) is 2. The van der Waals surface area contributed by atoms with Crippen molar-refractivity contribution < 1.29 is 27.8 Å². The minimum absolute atomic E-state index is 0.0641. The van der Waals surface area contributed by atoms with E-state index in [0.29, 0.717) is 19.4 Å². The second kappa shape index (κ2) is 6.17. The molecule has 2 unspecified atom stereocenters. The number of nitrogens with zero attached hydrogens (tertiary/aromatic N) is 1. The first kappa shape index (κ1) is 16.6. The van der Waals surface area contributed by atoms with Crippen molar-refractivity contribution in [2.24, 2.45) is 0 Å². The molecule has 0 amide bonds. The van der Waals surface area contributed by atoms with Crippen LogP contribution in [0.3, 0.4) is 0 Å². The molecular weight excluding hydrogens is 300 g/mol. The molecule has 8 nitrogen and oxygen atoms in total. The Bertz CT molecular complexity index is 492. The molecule has 0 bridgehead atoms. The van der Waals surface area contributed by atoms with Crippen LogP contribution in [0.1, 0.15) is 33.1 Å². The molecule has 21 heavy (non-hydrogen) atoms. The topological polar surface area (TPSA) is 105 Å². The lowest BCUT2D eigenvalue weighted by Crippen LogP contribution is -2.53. The molecule has 122 valence electrons. The Morgan fingerprint density at radius 3 is 2.71 bits per heavy atom. The number of carbonyl (C=O) groups is 1. The van der Waals surface area contributed by atoms with Crippen LogP contribution in [0.2, 0.25) is 0 Å². The van der Waals surface area contributed by atoms with Crippen molar-refractivity contribution in [2.45, 2.75) is 51.0 Å². The van der Waals surface area contributed by atoms with E-state index in [1.54, 1.807) is 13.8 Å². The van der Waals surface area contributed by atoms with Gasteiger partial charge < -0.3 is 14.6 Å². The van der Waals surface area contributed by atoms with Gasteiger partial charge in [0.1, 0.15) is 6.04 Å². The largest absolute Gasteiger partial charge is 0.480 e. The summed E-state index contributed by atoms with van der Waals surface area (Å²) in [6, 6.07) is -0.992. The lowest BCUT2D eigenvalue weighted by atomic mass is 10.1. The van der Waals surface area contributed by atoms with E-state index >= 15 is 0 Å². The summed E-state index contributed by atoms with van der Waals surface area (Å²) in [5.74, 6) is -1.83. The molecule has 2 atom stereocenters. The molecule has 2 N–H and O–H groups in total. The van der Waals surface area contributed by atoms with Crippen molar-refractivity contribution in [1.82, 2.24) is 9.03 Å². The molecule has 0 aliphatic carbocycles. The summed E-state index contributed by atoms with van der Waals surface area (Å²) in [5, 5.41) is 9.14. The number of carboxylic acid groups (broad SMARTS) is 1. The van der Waals surface area contributed by atoms with E-state index in [9.17, 15) is 13.2 Å². The highest BCUT2D eigenvalue weighted by Gasteiger charge is 2.38. The maximum Gasteiger partial charge on any atom is 0.322 e. The molecule has 0 radical (unpaired) electrons. The summed E-state index contributed by atoms with van der Waals surface area (Å²) in [4.78, 5) is 11.2. The van der Waals surface area contributed by atoms with Gasteiger partial charge in [-0.15, -0.1) is 0 Å². The third-order valence-corrected chi connectivity index (χ3v) is 5.19. The van der Waals surface area contributed by atoms with E-state index in [-0.39, 0.29) is 19.2 Å². The number of ether oxygens (including phenoxy) is 2. The van der Waals surface area contributed by atoms with E-state index < -0.39 is 28.0 Å². The van der Waals surface area contributed by atoms with Crippen molar-refractivity contribution in [2.75, 3.05) is 19.7 Å². The van der Waals surface area contributed by atoms with Crippen LogP contribution in [-0.4, -0.2) is 61.4 Å². The number of aliphatic carboxylic acids is 1. The maximum absolute atomic E-state index is 12.3. The molecule has 2 heterocycles. The Kier molecular flexibility index (Phi) is 4.89. The molecule has 2 aliphatic rings. The number of nitrogens with one attached hydrogen (secondary N) is 1. The second-order valence-corrected chi connectivity index (χ2v) is 7.47. The maximum atomic E-state index is 12.3. The zero-order chi connectivity index (χ0) is 15.7. The highest BCUT2D eigenvalue weighted by atomic mass is 32.2.